The molecule has 4 rings (SSSR count). The molecule has 0 bridgehead atoms. The van der Waals surface area contributed by atoms with E-state index in [9.17, 15) is 20.4 Å². The van der Waals surface area contributed by atoms with Gasteiger partial charge < -0.3 is 15.6 Å². The smallest absolute Gasteiger partial charge is 0.272 e. The van der Waals surface area contributed by atoms with E-state index in [0.717, 1.165) is 30.5 Å². The van der Waals surface area contributed by atoms with Crippen molar-refractivity contribution in [2.45, 2.75) is 58.4 Å². The highest BCUT2D eigenvalue weighted by Gasteiger charge is 2.53. The molecule has 0 saturated heterocycles. The van der Waals surface area contributed by atoms with E-state index in [1.807, 2.05) is 20.8 Å². The number of fused-ring (bicyclic) bond motifs is 3. The average Bonchev–Trinajstić information content (AvgIpc) is 3.33. The number of aliphatic hydroxyl groups excluding tert-OH is 1. The van der Waals surface area contributed by atoms with Crippen LogP contribution in [0.3, 0.4) is 0 Å². The van der Waals surface area contributed by atoms with Crippen molar-refractivity contribution in [3.63, 3.8) is 0 Å². The second-order valence-electron chi connectivity index (χ2n) is 9.36. The Bertz CT molecular complexity index is 1030. The summed E-state index contributed by atoms with van der Waals surface area (Å²) in [4.78, 5) is 17.4. The number of carbonyl (C=O) groups is 1. The van der Waals surface area contributed by atoms with Crippen LogP contribution >= 0.6 is 0 Å². The SMILES string of the molecule is CC(C)(C)[C@@H](CO)NC(=O)c1nn(-c2c[n+]([O-])ccn2)c2c1C[C@@]1(C#N)CCCC21. The molecule has 0 spiro atoms. The Morgan fingerprint density at radius 3 is 2.97 bits per heavy atom. The molecular weight excluding hydrogens is 384 g/mol. The monoisotopic (exact) mass is 410 g/mol. The first kappa shape index (κ1) is 20.3. The highest BCUT2D eigenvalue weighted by molar-refractivity contribution is 5.94. The fourth-order valence-corrected chi connectivity index (χ4v) is 4.76. The van der Waals surface area contributed by atoms with Crippen molar-refractivity contribution in [1.82, 2.24) is 20.1 Å². The van der Waals surface area contributed by atoms with Crippen molar-refractivity contribution < 1.29 is 14.6 Å². The topological polar surface area (TPSA) is 131 Å². The number of hydrogen-bond donors (Lipinski definition) is 2. The molecule has 2 aliphatic carbocycles. The van der Waals surface area contributed by atoms with Crippen molar-refractivity contribution in [3.8, 4) is 11.9 Å². The lowest BCUT2D eigenvalue weighted by Crippen LogP contribution is -2.46. The van der Waals surface area contributed by atoms with Crippen LogP contribution in [-0.2, 0) is 6.42 Å². The maximum absolute atomic E-state index is 13.2. The molecule has 2 aliphatic rings. The summed E-state index contributed by atoms with van der Waals surface area (Å²) in [6.07, 6.45) is 6.97. The van der Waals surface area contributed by atoms with Crippen LogP contribution < -0.4 is 10.0 Å². The van der Waals surface area contributed by atoms with E-state index < -0.39 is 17.4 Å². The van der Waals surface area contributed by atoms with Gasteiger partial charge in [-0.1, -0.05) is 27.2 Å². The van der Waals surface area contributed by atoms with Gasteiger partial charge in [0.25, 0.3) is 5.91 Å². The van der Waals surface area contributed by atoms with Gasteiger partial charge in [0.1, 0.15) is 0 Å². The minimum Gasteiger partial charge on any atom is -0.619 e. The van der Waals surface area contributed by atoms with Gasteiger partial charge in [0.05, 0.1) is 36.0 Å². The molecule has 0 aliphatic heterocycles. The molecule has 1 saturated carbocycles. The molecule has 0 radical (unpaired) electrons. The molecule has 9 nitrogen and oxygen atoms in total. The highest BCUT2D eigenvalue weighted by atomic mass is 16.5. The molecule has 2 aromatic rings. The van der Waals surface area contributed by atoms with Crippen molar-refractivity contribution in [2.24, 2.45) is 10.8 Å². The van der Waals surface area contributed by atoms with Crippen LogP contribution in [0.4, 0.5) is 0 Å². The number of amides is 1. The largest absolute Gasteiger partial charge is 0.619 e. The number of aromatic nitrogens is 4. The van der Waals surface area contributed by atoms with Crippen LogP contribution in [0.2, 0.25) is 0 Å². The summed E-state index contributed by atoms with van der Waals surface area (Å²) < 4.78 is 2.19. The second kappa shape index (κ2) is 7.06. The van der Waals surface area contributed by atoms with Crippen molar-refractivity contribution in [2.75, 3.05) is 6.61 Å². The number of rotatable bonds is 4. The summed E-state index contributed by atoms with van der Waals surface area (Å²) in [6.45, 7) is 5.62. The third kappa shape index (κ3) is 3.12. The lowest BCUT2D eigenvalue weighted by atomic mass is 9.81. The van der Waals surface area contributed by atoms with Gasteiger partial charge in [-0.05, 0) is 24.7 Å². The standard InChI is InChI=1S/C21H26N6O3/c1-20(2,3)15(11-28)24-19(29)17-13-9-21(12-22)6-4-5-14(21)18(13)27(25-17)16-10-26(30)8-7-23-16/h7-8,10,14-15,28H,4-6,9,11H2,1-3H3,(H,24,29)/t14?,15-,21-/m1/s1. The van der Waals surface area contributed by atoms with Crippen molar-refractivity contribution >= 4 is 5.91 Å². The summed E-state index contributed by atoms with van der Waals surface area (Å²) in [5.41, 5.74) is 0.893. The first-order valence-corrected chi connectivity index (χ1v) is 10.2. The predicted molar refractivity (Wildman–Crippen MR) is 106 cm³/mol. The maximum Gasteiger partial charge on any atom is 0.272 e. The average molecular weight is 410 g/mol. The Morgan fingerprint density at radius 1 is 1.57 bits per heavy atom. The molecule has 2 aromatic heterocycles. The molecule has 2 N–H and O–H groups in total. The van der Waals surface area contributed by atoms with Gasteiger partial charge in [0.15, 0.2) is 11.9 Å². The van der Waals surface area contributed by atoms with E-state index in [4.69, 9.17) is 0 Å². The highest BCUT2D eigenvalue weighted by Crippen LogP contribution is 2.57. The van der Waals surface area contributed by atoms with E-state index in [-0.39, 0.29) is 23.6 Å². The van der Waals surface area contributed by atoms with E-state index in [1.54, 1.807) is 4.68 Å². The molecule has 1 fully saturated rings. The lowest BCUT2D eigenvalue weighted by Gasteiger charge is -2.29. The zero-order valence-electron chi connectivity index (χ0n) is 17.4. The molecular formula is C21H26N6O3. The van der Waals surface area contributed by atoms with Crippen LogP contribution in [0.1, 0.15) is 67.7 Å². The van der Waals surface area contributed by atoms with Gasteiger partial charge in [-0.3, -0.25) is 4.79 Å². The molecule has 3 atom stereocenters. The van der Waals surface area contributed by atoms with Crippen LogP contribution in [-0.4, -0.2) is 38.4 Å². The Kier molecular flexibility index (Phi) is 4.77. The van der Waals surface area contributed by atoms with Crippen LogP contribution in [0, 0.1) is 27.4 Å². The summed E-state index contributed by atoms with van der Waals surface area (Å²) in [5, 5.41) is 39.0. The van der Waals surface area contributed by atoms with Gasteiger partial charge in [-0.15, -0.1) is 0 Å². The first-order chi connectivity index (χ1) is 14.2. The van der Waals surface area contributed by atoms with E-state index in [1.165, 1.54) is 18.6 Å². The molecule has 158 valence electrons. The summed E-state index contributed by atoms with van der Waals surface area (Å²) in [7, 11) is 0. The number of aliphatic hydroxyl groups is 1. The molecule has 30 heavy (non-hydrogen) atoms. The lowest BCUT2D eigenvalue weighted by molar-refractivity contribution is -0.605. The number of carbonyl (C=O) groups excluding carboxylic acids is 1. The Labute approximate surface area is 174 Å². The number of nitriles is 1. The van der Waals surface area contributed by atoms with Crippen LogP contribution in [0.15, 0.2) is 18.6 Å². The molecule has 1 unspecified atom stereocenters. The van der Waals surface area contributed by atoms with Gasteiger partial charge in [-0.25, -0.2) is 9.67 Å². The van der Waals surface area contributed by atoms with Crippen molar-refractivity contribution in [1.29, 1.82) is 5.26 Å². The van der Waals surface area contributed by atoms with Crippen LogP contribution in [0.5, 0.6) is 0 Å². The molecule has 2 heterocycles. The Hall–Kier alpha value is -2.99. The zero-order chi connectivity index (χ0) is 21.7. The first-order valence-electron chi connectivity index (χ1n) is 10.2. The summed E-state index contributed by atoms with van der Waals surface area (Å²) >= 11 is 0. The fourth-order valence-electron chi connectivity index (χ4n) is 4.76. The second-order valence-corrected chi connectivity index (χ2v) is 9.36. The third-order valence-corrected chi connectivity index (χ3v) is 6.48. The quantitative estimate of drug-likeness (QED) is 0.578. The van der Waals surface area contributed by atoms with Gasteiger partial charge in [0.2, 0.25) is 12.0 Å². The van der Waals surface area contributed by atoms with Gasteiger partial charge >= 0.3 is 0 Å². The molecule has 0 aromatic carbocycles. The molecule has 1 amide bonds. The third-order valence-electron chi connectivity index (χ3n) is 6.48. The van der Waals surface area contributed by atoms with Gasteiger partial charge in [-0.2, -0.15) is 15.1 Å². The van der Waals surface area contributed by atoms with E-state index >= 15 is 0 Å². The summed E-state index contributed by atoms with van der Waals surface area (Å²) in [6, 6.07) is 2.06. The minimum atomic E-state index is -0.549. The number of nitrogens with zero attached hydrogens (tertiary/aromatic N) is 5. The Morgan fingerprint density at radius 2 is 2.33 bits per heavy atom. The number of hydrogen-bond acceptors (Lipinski definition) is 6. The minimum absolute atomic E-state index is 0.0510. The maximum atomic E-state index is 13.2. The predicted octanol–water partition coefficient (Wildman–Crippen LogP) is 1.37. The van der Waals surface area contributed by atoms with E-state index in [0.29, 0.717) is 17.0 Å². The van der Waals surface area contributed by atoms with Crippen LogP contribution in [0.25, 0.3) is 5.82 Å². The van der Waals surface area contributed by atoms with Gasteiger partial charge in [0, 0.05) is 11.5 Å². The fraction of sp³-hybridized carbons (Fsp3) is 0.571. The van der Waals surface area contributed by atoms with E-state index in [2.05, 4.69) is 21.5 Å². The van der Waals surface area contributed by atoms with Crippen molar-refractivity contribution in [3.05, 3.63) is 40.7 Å². The Balaban J connectivity index is 1.81. The molecule has 9 heteroatoms. The number of nitrogens with one attached hydrogen (secondary N) is 1. The zero-order valence-corrected chi connectivity index (χ0v) is 17.4. The normalized spacial score (nSPS) is 23.5. The summed E-state index contributed by atoms with van der Waals surface area (Å²) in [5.74, 6) is -0.124.